The monoisotopic (exact) mass is 1980 g/mol. The van der Waals surface area contributed by atoms with Crippen molar-refractivity contribution in [1.82, 2.24) is 57.7 Å². The van der Waals surface area contributed by atoms with E-state index in [4.69, 9.17) is 85.3 Å². The Kier molecular flexibility index (Phi) is 30.5. The Morgan fingerprint density at radius 1 is 0.757 bits per heavy atom. The summed E-state index contributed by atoms with van der Waals surface area (Å²) in [5.41, 5.74) is 13.3. The number of hydrogen-bond acceptors (Lipinski definition) is 34. The molecule has 0 aliphatic carbocycles. The number of oxime groups is 1. The Morgan fingerprint density at radius 2 is 1.41 bits per heavy atom. The van der Waals surface area contributed by atoms with Crippen LogP contribution in [0.4, 0.5) is 5.13 Å². The number of halogens is 3. The summed E-state index contributed by atoms with van der Waals surface area (Å²) >= 11 is 22.8. The van der Waals surface area contributed by atoms with Gasteiger partial charge in [-0.2, -0.15) is 0 Å². The molecule has 3 saturated heterocycles. The molecule has 2 aromatic heterocycles. The minimum atomic E-state index is -2.41. The first-order valence-electron chi connectivity index (χ1n) is 42.4. The van der Waals surface area contributed by atoms with Crippen LogP contribution in [0.15, 0.2) is 126 Å². The average molecular weight is 1980 g/mol. The standard InChI is InChI=1S/C87H95Cl3N16O28S2/c1-33(2)20-45(94-5)74(117)100-62-66(112)36-11-14-49(43(88)22-36)130-51-24-38-25-52(70(51)134-85-71(69(115)68(114)53(31-107)132-85)133-55-29-87(4,93)72(116)34(3)129-55)131-50-15-12-37(23-44(50)89)67(113)63-81(124)99-59(42-26-40(108)27-48(110)56(42)41-21-35(10-13-47(41)109)57(77(120)101-63)98-78(121)58(38)97-75(118)46(28-54(91)111)96-80(62)123)76(119)95-16-9-19-128-104-61(60-73(90)136-86(92)103-60)79(122)102-64-82(125)106-65(84(126)127)39(32-135-83(64)106)30-105-17-7-6-8-18-105/h6-8,10-15,17-18,21-27,33-34,45-46,53,55,57-59,62-64,66-69,71-72,83,85,94,107,112-116H,9,16,19-20,28-32,93H2,1-5H3,(H15-,91,92,95,96,97,98,99,100,101,102,103,104,108,109,110,111,117,118,119,120,121,122,123,124,126,127)/p+1/t34-,45+,46-,53+,55-,57+,58+,59-,62?,63?,64+,66+,67+,68+,69-,71+,72+,83+,85-,87-/m0/s1. The van der Waals surface area contributed by atoms with E-state index in [1.807, 2.05) is 0 Å². The highest BCUT2D eigenvalue weighted by atomic mass is 35.5. The highest BCUT2D eigenvalue weighted by Crippen LogP contribution is 2.51. The molecule has 11 bridgehead atoms. The van der Waals surface area contributed by atoms with Crippen molar-refractivity contribution in [3.8, 4) is 57.1 Å². The molecule has 5 aromatic carbocycles. The molecule has 16 rings (SSSR count). The van der Waals surface area contributed by atoms with Crippen molar-refractivity contribution in [3.63, 3.8) is 0 Å². The first kappa shape index (κ1) is 99.6. The molecule has 9 aliphatic heterocycles. The number of nitrogens with zero attached hydrogens (tertiary/aromatic N) is 4. The van der Waals surface area contributed by atoms with E-state index in [0.717, 1.165) is 83.0 Å². The summed E-state index contributed by atoms with van der Waals surface area (Å²) < 4.78 is 40.3. The molecule has 25 N–H and O–H groups in total. The van der Waals surface area contributed by atoms with Crippen LogP contribution in [0.5, 0.6) is 46.0 Å². The van der Waals surface area contributed by atoms with E-state index >= 15 is 28.8 Å². The van der Waals surface area contributed by atoms with Gasteiger partial charge >= 0.3 is 5.97 Å². The van der Waals surface area contributed by atoms with Gasteiger partial charge in [0.05, 0.1) is 41.3 Å². The van der Waals surface area contributed by atoms with Crippen molar-refractivity contribution < 1.29 is 142 Å². The van der Waals surface area contributed by atoms with Crippen molar-refractivity contribution in [2.24, 2.45) is 22.5 Å². The fraction of sp³-hybridized carbons (Fsp3) is 0.402. The largest absolute Gasteiger partial charge is 0.508 e. The number of carboxylic acids is 1. The number of aromatic nitrogens is 2. The van der Waals surface area contributed by atoms with E-state index in [1.165, 1.54) is 44.8 Å². The summed E-state index contributed by atoms with van der Waals surface area (Å²) in [6.45, 7) is 4.85. The predicted octanol–water partition coefficient (Wildman–Crippen LogP) is 0.367. The lowest BCUT2D eigenvalue weighted by Crippen LogP contribution is -2.71. The smallest absolute Gasteiger partial charge is 0.352 e. The second-order valence-corrected chi connectivity index (χ2v) is 37.2. The number of phenolic OH excluding ortho intramolecular Hbond substituents is 3. The lowest BCUT2D eigenvalue weighted by Gasteiger charge is -2.49. The third kappa shape index (κ3) is 21.4. The Balaban J connectivity index is 0.849. The van der Waals surface area contributed by atoms with Crippen LogP contribution < -0.4 is 83.8 Å². The molecular formula is C87H96Cl3N16O28S2+. The molecule has 10 amide bonds. The zero-order chi connectivity index (χ0) is 98.1. The number of thioether (sulfide) groups is 1. The highest BCUT2D eigenvalue weighted by molar-refractivity contribution is 8.00. The first-order chi connectivity index (χ1) is 64.6. The van der Waals surface area contributed by atoms with Gasteiger partial charge in [-0.05, 0) is 116 Å². The molecular weight excluding hydrogens is 1890 g/mol. The number of aliphatic hydroxyl groups excluding tert-OH is 6. The average Bonchev–Trinajstić information content (AvgIpc) is 0.767. The molecule has 0 saturated carbocycles. The van der Waals surface area contributed by atoms with Crippen molar-refractivity contribution in [2.45, 2.75) is 181 Å². The van der Waals surface area contributed by atoms with Crippen LogP contribution in [0.1, 0.15) is 117 Å². The summed E-state index contributed by atoms with van der Waals surface area (Å²) in [7, 11) is 1.46. The number of aliphatic carboxylic acids is 1. The van der Waals surface area contributed by atoms with Crippen LogP contribution >= 0.6 is 57.9 Å². The normalized spacial score (nSPS) is 27.1. The summed E-state index contributed by atoms with van der Waals surface area (Å²) in [6.07, 6.45) is -15.9. The van der Waals surface area contributed by atoms with E-state index < -0.39 is 296 Å². The number of nitrogens with one attached hydrogen (secondary N) is 9. The fourth-order valence-corrected chi connectivity index (χ4v) is 19.2. The number of rotatable bonds is 24. The van der Waals surface area contributed by atoms with Crippen molar-refractivity contribution in [1.29, 1.82) is 0 Å². The maximum atomic E-state index is 16.4. The summed E-state index contributed by atoms with van der Waals surface area (Å²) in [5, 5.41) is 142. The van der Waals surface area contributed by atoms with Crippen molar-refractivity contribution in [3.05, 3.63) is 169 Å². The van der Waals surface area contributed by atoms with E-state index in [-0.39, 0.29) is 75.2 Å². The van der Waals surface area contributed by atoms with Gasteiger partial charge in [-0.1, -0.05) is 89.4 Å². The number of carboxylic acid groups (broad SMARTS) is 1. The zero-order valence-corrected chi connectivity index (χ0v) is 76.5. The number of aromatic hydroxyl groups is 3. The molecule has 3 fully saturated rings. The topological polar surface area (TPSA) is 673 Å². The van der Waals surface area contributed by atoms with Gasteiger partial charge in [-0.15, -0.1) is 11.8 Å². The van der Waals surface area contributed by atoms with Gasteiger partial charge in [0.1, 0.15) is 129 Å². The van der Waals surface area contributed by atoms with Crippen LogP contribution in [0, 0.1) is 5.92 Å². The first-order valence-corrected chi connectivity index (χ1v) is 45.4. The number of likely N-dealkylation sites (N-methyl/N-ethyl adjacent to an activating group) is 1. The number of hydrogen-bond donors (Lipinski definition) is 22. The van der Waals surface area contributed by atoms with E-state index in [9.17, 15) is 75.0 Å². The van der Waals surface area contributed by atoms with E-state index in [2.05, 4.69) is 58.0 Å². The van der Waals surface area contributed by atoms with E-state index in [0.29, 0.717) is 5.57 Å². The number of phenols is 3. The SMILES string of the molecule is CN[C@H](CC(C)C)C(=O)NC1C(=O)N[C@@H](CC(N)=O)C(=O)N[C@H]2C(=O)N[C@H]3C(=O)NC(C(=O)N[C@H](C(=O)NCCCO/N=C(\C(=O)N[C@@H]4C(=O)N5C(C(=O)O)=C(C[n+]6ccccc6)CS[C@H]45)c4nc(N)sc4Cl)c4cc(O)cc(O)c4-c4cc3ccc4O)[C@H](O)c3ccc(c(Cl)c3)Oc3cc2cc(c3O[C@@H]2O[C@H](CO)[C@@H](O)[C@H](O)[C@H]2O[C@H]2C[C@](C)(N)[C@H](O)[C@H](C)O2)Oc2ccc(cc2Cl)[C@H]1O. The molecule has 136 heavy (non-hydrogen) atoms. The van der Waals surface area contributed by atoms with Crippen LogP contribution in [-0.4, -0.2) is 255 Å². The number of carbonyl (C=O) groups is 11. The molecule has 2 unspecified atom stereocenters. The molecule has 7 aromatic rings. The van der Waals surface area contributed by atoms with Crippen molar-refractivity contribution >= 4 is 134 Å². The van der Waals surface area contributed by atoms with Gasteiger partial charge in [0.2, 0.25) is 59.3 Å². The fourth-order valence-electron chi connectivity index (χ4n) is 16.5. The number of anilines is 1. The maximum absolute atomic E-state index is 16.4. The number of fused-ring (bicyclic) bond motifs is 16. The molecule has 44 nitrogen and oxygen atoms in total. The second-order valence-electron chi connectivity index (χ2n) is 33.6. The van der Waals surface area contributed by atoms with Gasteiger partial charge in [0.25, 0.3) is 11.8 Å². The highest BCUT2D eigenvalue weighted by Gasteiger charge is 2.56. The Hall–Kier alpha value is -12.4. The summed E-state index contributed by atoms with van der Waals surface area (Å²) in [5.74, 6) is -18.9. The van der Waals surface area contributed by atoms with Crippen LogP contribution in [-0.2, 0) is 78.3 Å². The Morgan fingerprint density at radius 3 is 2.04 bits per heavy atom. The maximum Gasteiger partial charge on any atom is 0.352 e. The molecule has 9 aliphatic rings. The second kappa shape index (κ2) is 41.7. The number of amides is 10. The minimum absolute atomic E-state index is 0.110. The zero-order valence-electron chi connectivity index (χ0n) is 72.6. The van der Waals surface area contributed by atoms with Gasteiger partial charge < -0.3 is 149 Å². The molecule has 0 radical (unpaired) electrons. The number of aliphatic hydroxyl groups is 6. The number of β-lactam (4-membered cyclic amide) rings is 1. The van der Waals surface area contributed by atoms with Gasteiger partial charge in [-0.25, -0.2) is 14.3 Å². The minimum Gasteiger partial charge on any atom is -0.508 e. The molecule has 49 heteroatoms. The van der Waals surface area contributed by atoms with Gasteiger partial charge in [0, 0.05) is 65.6 Å². The van der Waals surface area contributed by atoms with Gasteiger partial charge in [0.15, 0.2) is 53.7 Å². The quantitative estimate of drug-likeness (QED) is 0.0128. The number of nitrogens with two attached hydrogens (primary N) is 3. The van der Waals surface area contributed by atoms with Gasteiger partial charge in [-0.3, -0.25) is 52.8 Å². The number of ether oxygens (including phenoxy) is 6. The molecule has 20 atom stereocenters. The number of primary amides is 1. The molecule has 0 spiro atoms. The third-order valence-corrected chi connectivity index (χ3v) is 26.4. The Bertz CT molecular complexity index is 5920. The predicted molar refractivity (Wildman–Crippen MR) is 480 cm³/mol. The number of thiazole rings is 1. The molecule has 724 valence electrons. The van der Waals surface area contributed by atoms with Crippen LogP contribution in [0.3, 0.4) is 0 Å². The van der Waals surface area contributed by atoms with Crippen LogP contribution in [0.25, 0.3) is 11.1 Å². The number of nitrogen functional groups attached to an aromatic ring is 1. The number of pyridine rings is 1. The summed E-state index contributed by atoms with van der Waals surface area (Å²) in [6, 6.07) is 3.03. The van der Waals surface area contributed by atoms with Crippen molar-refractivity contribution in [2.75, 3.05) is 38.3 Å². The summed E-state index contributed by atoms with van der Waals surface area (Å²) in [4.78, 5) is 173. The van der Waals surface area contributed by atoms with E-state index in [1.54, 1.807) is 49.0 Å². The molecule has 11 heterocycles. The lowest BCUT2D eigenvalue weighted by molar-refractivity contribution is -0.689. The number of carbonyl (C=O) groups excluding carboxylic acids is 10. The lowest BCUT2D eigenvalue weighted by atomic mass is 9.86. The third-order valence-electron chi connectivity index (χ3n) is 23.4. The Labute approximate surface area is 795 Å². The number of benzene rings is 5. The van der Waals surface area contributed by atoms with Crippen LogP contribution in [0.2, 0.25) is 14.4 Å².